The number of fused-ring (bicyclic) bond motifs is 4. The van der Waals surface area contributed by atoms with Crippen molar-refractivity contribution in [1.82, 2.24) is 0 Å². The van der Waals surface area contributed by atoms with Gasteiger partial charge in [-0.1, -0.05) is 35.4 Å². The first-order valence-electron chi connectivity index (χ1n) is 15.7. The van der Waals surface area contributed by atoms with Crippen molar-refractivity contribution < 1.29 is 48.2 Å². The number of aromatic hydroxyl groups is 1. The quantitative estimate of drug-likeness (QED) is 0.201. The molecule has 0 radical (unpaired) electrons. The number of halogens is 2. The molecule has 3 N–H and O–H groups in total. The zero-order chi connectivity index (χ0) is 35.1. The van der Waals surface area contributed by atoms with Crippen LogP contribution >= 0.6 is 11.6 Å². The summed E-state index contributed by atoms with van der Waals surface area (Å²) in [4.78, 5) is 59.4. The fraction of sp³-hybridized carbons (Fsp3) is 0.314. The van der Waals surface area contributed by atoms with E-state index in [1.54, 1.807) is 6.92 Å². The molecule has 2 saturated heterocycles. The lowest BCUT2D eigenvalue weighted by molar-refractivity contribution is -0.131. The molecule has 3 aromatic carbocycles. The van der Waals surface area contributed by atoms with Gasteiger partial charge in [0.05, 0.1) is 53.8 Å². The Kier molecular flexibility index (Phi) is 7.84. The van der Waals surface area contributed by atoms with Gasteiger partial charge in [-0.15, -0.1) is 0 Å². The summed E-state index contributed by atoms with van der Waals surface area (Å²) in [6.07, 6.45) is 2.04. The molecule has 2 heterocycles. The summed E-state index contributed by atoms with van der Waals surface area (Å²) in [5, 5.41) is 29.7. The molecule has 7 rings (SSSR count). The number of benzene rings is 3. The summed E-state index contributed by atoms with van der Waals surface area (Å²) in [6, 6.07) is 12.2. The van der Waals surface area contributed by atoms with E-state index in [0.29, 0.717) is 11.1 Å². The number of amides is 4. The average Bonchev–Trinajstić information content (AvgIpc) is 3.45. The van der Waals surface area contributed by atoms with Gasteiger partial charge in [0, 0.05) is 23.6 Å². The van der Waals surface area contributed by atoms with E-state index < -0.39 is 71.6 Å². The number of rotatable bonds is 6. The highest BCUT2D eigenvalue weighted by Crippen LogP contribution is 2.65. The van der Waals surface area contributed by atoms with Crippen molar-refractivity contribution in [3.8, 4) is 17.2 Å². The fourth-order valence-electron chi connectivity index (χ4n) is 8.48. The van der Waals surface area contributed by atoms with Gasteiger partial charge >= 0.3 is 7.12 Å². The molecule has 14 heteroatoms. The summed E-state index contributed by atoms with van der Waals surface area (Å²) in [6.45, 7) is 1.67. The van der Waals surface area contributed by atoms with Crippen LogP contribution < -0.4 is 24.7 Å². The lowest BCUT2D eigenvalue weighted by Crippen LogP contribution is -2.49. The molecule has 252 valence electrons. The predicted molar refractivity (Wildman–Crippen MR) is 176 cm³/mol. The summed E-state index contributed by atoms with van der Waals surface area (Å²) in [5.41, 5.74) is -0.0979. The number of ether oxygens (including phenoxy) is 2. The zero-order valence-corrected chi connectivity index (χ0v) is 27.3. The molecule has 2 aliphatic heterocycles. The highest BCUT2D eigenvalue weighted by atomic mass is 35.5. The molecule has 2 aliphatic carbocycles. The van der Waals surface area contributed by atoms with Crippen molar-refractivity contribution in [2.75, 3.05) is 24.0 Å². The molecule has 49 heavy (non-hydrogen) atoms. The summed E-state index contributed by atoms with van der Waals surface area (Å²) < 4.78 is 25.6. The van der Waals surface area contributed by atoms with Crippen LogP contribution in [0.3, 0.4) is 0 Å². The van der Waals surface area contributed by atoms with E-state index in [9.17, 15) is 38.7 Å². The number of phenols is 1. The van der Waals surface area contributed by atoms with Gasteiger partial charge in [-0.25, -0.2) is 9.29 Å². The van der Waals surface area contributed by atoms with E-state index in [1.165, 1.54) is 62.8 Å². The van der Waals surface area contributed by atoms with Gasteiger partial charge in [-0.2, -0.15) is 0 Å². The normalized spacial score (nSPS) is 27.5. The van der Waals surface area contributed by atoms with Gasteiger partial charge < -0.3 is 24.6 Å². The van der Waals surface area contributed by atoms with Crippen molar-refractivity contribution in [2.45, 2.75) is 25.7 Å². The molecular formula is C35H31BClFN2O9. The van der Waals surface area contributed by atoms with Gasteiger partial charge in [0.15, 0.2) is 0 Å². The molecular weight excluding hydrogens is 658 g/mol. The van der Waals surface area contributed by atoms with E-state index in [0.717, 1.165) is 15.9 Å². The van der Waals surface area contributed by atoms with Crippen LogP contribution in [-0.4, -0.2) is 60.1 Å². The maximum atomic E-state index is 14.7. The fourth-order valence-corrected chi connectivity index (χ4v) is 8.66. The number of phenolic OH excluding ortho intramolecular Hbond substituents is 1. The number of carbonyl (C=O) groups excluding carboxylic acids is 4. The Labute approximate surface area is 285 Å². The van der Waals surface area contributed by atoms with Crippen molar-refractivity contribution >= 4 is 59.2 Å². The number of hydrogen-bond donors (Lipinski definition) is 3. The summed E-state index contributed by atoms with van der Waals surface area (Å²) in [5.74, 6) is -6.96. The van der Waals surface area contributed by atoms with Crippen LogP contribution in [0.25, 0.3) is 0 Å². The number of nitrogens with zero attached hydrogens (tertiary/aromatic N) is 2. The third-order valence-corrected chi connectivity index (χ3v) is 11.0. The van der Waals surface area contributed by atoms with E-state index in [-0.39, 0.29) is 52.0 Å². The molecule has 11 nitrogen and oxygen atoms in total. The number of anilines is 2. The van der Waals surface area contributed by atoms with E-state index >= 15 is 0 Å². The third kappa shape index (κ3) is 4.70. The molecule has 6 unspecified atom stereocenters. The Morgan fingerprint density at radius 3 is 2.20 bits per heavy atom. The standard InChI is InChI=1S/C35H31BClFN2O9/c1-35-23(32(43)40(34(35)45)18-7-10-25(38)24(37)12-18)15-22-20(30(35)29-26(48-2)13-19(41)14-27(29)49-3)8-9-21-28(22)33(44)39(31(21)42)17-6-4-5-16(11-17)36(46)47/h4-8,10-14,21-23,28,30,41,46-47H,9,15H2,1-3H3. The van der Waals surface area contributed by atoms with Crippen LogP contribution in [0.1, 0.15) is 31.2 Å². The van der Waals surface area contributed by atoms with Gasteiger partial charge in [0.1, 0.15) is 23.1 Å². The molecule has 3 aromatic rings. The zero-order valence-electron chi connectivity index (χ0n) is 26.6. The Balaban J connectivity index is 1.41. The van der Waals surface area contributed by atoms with Gasteiger partial charge in [-0.3, -0.25) is 24.1 Å². The molecule has 4 aliphatic rings. The highest BCUT2D eigenvalue weighted by molar-refractivity contribution is 6.58. The average molecular weight is 689 g/mol. The SMILES string of the molecule is COc1cc(O)cc(OC)c1C1C2=CCC3C(=O)N(c4cccc(B(O)O)c4)C(=O)C3C2CC2C(=O)N(c3ccc(F)c(Cl)c3)C(=O)C21C. The van der Waals surface area contributed by atoms with Crippen LogP contribution in [-0.2, 0) is 19.2 Å². The van der Waals surface area contributed by atoms with E-state index in [2.05, 4.69) is 0 Å². The monoisotopic (exact) mass is 688 g/mol. The van der Waals surface area contributed by atoms with Crippen molar-refractivity contribution in [3.05, 3.63) is 82.6 Å². The summed E-state index contributed by atoms with van der Waals surface area (Å²) in [7, 11) is 0.971. The molecule has 0 spiro atoms. The smallest absolute Gasteiger partial charge is 0.488 e. The lowest BCUT2D eigenvalue weighted by atomic mass is 9.51. The number of hydrogen-bond acceptors (Lipinski definition) is 9. The second kappa shape index (κ2) is 11.7. The summed E-state index contributed by atoms with van der Waals surface area (Å²) >= 11 is 6.08. The molecule has 4 amide bonds. The van der Waals surface area contributed by atoms with Crippen molar-refractivity contribution in [2.24, 2.45) is 29.1 Å². The number of allylic oxidation sites excluding steroid dienone is 2. The Hall–Kier alpha value is -4.72. The first-order chi connectivity index (χ1) is 23.3. The van der Waals surface area contributed by atoms with Crippen molar-refractivity contribution in [3.63, 3.8) is 0 Å². The van der Waals surface area contributed by atoms with E-state index in [1.807, 2.05) is 6.08 Å². The molecule has 0 bridgehead atoms. The van der Waals surface area contributed by atoms with Crippen LogP contribution in [0.5, 0.6) is 17.2 Å². The minimum atomic E-state index is -1.82. The Bertz CT molecular complexity index is 1960. The minimum Gasteiger partial charge on any atom is -0.508 e. The van der Waals surface area contributed by atoms with Crippen LogP contribution in [0.2, 0.25) is 5.02 Å². The first kappa shape index (κ1) is 32.8. The number of imide groups is 2. The predicted octanol–water partition coefficient (Wildman–Crippen LogP) is 3.32. The Morgan fingerprint density at radius 1 is 0.898 bits per heavy atom. The maximum Gasteiger partial charge on any atom is 0.488 e. The van der Waals surface area contributed by atoms with Crippen LogP contribution in [0.4, 0.5) is 15.8 Å². The Morgan fingerprint density at radius 2 is 1.57 bits per heavy atom. The van der Waals surface area contributed by atoms with Crippen molar-refractivity contribution in [1.29, 1.82) is 0 Å². The number of methoxy groups -OCH3 is 2. The van der Waals surface area contributed by atoms with Crippen LogP contribution in [0.15, 0.2) is 66.2 Å². The van der Waals surface area contributed by atoms with E-state index in [4.69, 9.17) is 21.1 Å². The third-order valence-electron chi connectivity index (χ3n) is 10.7. The largest absolute Gasteiger partial charge is 0.508 e. The van der Waals surface area contributed by atoms with Gasteiger partial charge in [0.2, 0.25) is 23.6 Å². The maximum absolute atomic E-state index is 14.7. The molecule has 0 aromatic heterocycles. The molecule has 3 fully saturated rings. The van der Waals surface area contributed by atoms with Crippen LogP contribution in [0, 0.1) is 34.9 Å². The lowest BCUT2D eigenvalue weighted by Gasteiger charge is -2.49. The first-order valence-corrected chi connectivity index (χ1v) is 16.0. The van der Waals surface area contributed by atoms with Gasteiger partial charge in [0.25, 0.3) is 0 Å². The number of carbonyl (C=O) groups is 4. The molecule has 1 saturated carbocycles. The highest BCUT2D eigenvalue weighted by Gasteiger charge is 2.68. The topological polar surface area (TPSA) is 154 Å². The van der Waals surface area contributed by atoms with Gasteiger partial charge in [-0.05, 0) is 61.5 Å². The minimum absolute atomic E-state index is 0.0426. The second-order valence-electron chi connectivity index (χ2n) is 13.0. The second-order valence-corrected chi connectivity index (χ2v) is 13.4. The molecule has 6 atom stereocenters.